The fourth-order valence-corrected chi connectivity index (χ4v) is 8.55. The van der Waals surface area contributed by atoms with Crippen LogP contribution in [0.2, 0.25) is 0 Å². The molecule has 0 unspecified atom stereocenters. The Hall–Kier alpha value is -7.23. The second-order valence-corrected chi connectivity index (χ2v) is 14.7. The summed E-state index contributed by atoms with van der Waals surface area (Å²) in [7, 11) is 0. The smallest absolute Gasteiger partial charge is 0.160 e. The number of aromatic nitrogens is 3. The van der Waals surface area contributed by atoms with Crippen LogP contribution in [0.3, 0.4) is 0 Å². The van der Waals surface area contributed by atoms with Crippen molar-refractivity contribution < 1.29 is 0 Å². The van der Waals surface area contributed by atoms with Crippen molar-refractivity contribution in [2.45, 2.75) is 12.8 Å². The second kappa shape index (κ2) is 13.3. The minimum atomic E-state index is 0.692. The van der Waals surface area contributed by atoms with Crippen LogP contribution in [0.1, 0.15) is 17.5 Å². The molecule has 0 amide bonds. The average molecular weight is 714 g/mol. The minimum absolute atomic E-state index is 0.692. The zero-order valence-corrected chi connectivity index (χ0v) is 30.7. The fraction of sp³-hybridized carbons (Fsp3) is 0.0377. The van der Waals surface area contributed by atoms with E-state index in [1.54, 1.807) is 0 Å². The number of fused-ring (bicyclic) bond motifs is 7. The summed E-state index contributed by atoms with van der Waals surface area (Å²) in [6.45, 7) is 0. The maximum absolute atomic E-state index is 5.31. The molecule has 0 N–H and O–H groups in total. The lowest BCUT2D eigenvalue weighted by Gasteiger charge is -2.19. The molecule has 0 spiro atoms. The summed E-state index contributed by atoms with van der Waals surface area (Å²) < 4.78 is 0. The minimum Gasteiger partial charge on any atom is -0.256 e. The molecule has 1 aliphatic carbocycles. The molecule has 2 aromatic heterocycles. The van der Waals surface area contributed by atoms with Gasteiger partial charge in [-0.05, 0) is 103 Å². The van der Waals surface area contributed by atoms with Gasteiger partial charge in [0.1, 0.15) is 0 Å². The lowest BCUT2D eigenvalue weighted by Crippen LogP contribution is -1.99. The van der Waals surface area contributed by atoms with Gasteiger partial charge in [0.25, 0.3) is 0 Å². The first-order chi connectivity index (χ1) is 27.7. The normalized spacial score (nSPS) is 12.4. The molecule has 2 heterocycles. The van der Waals surface area contributed by atoms with Gasteiger partial charge >= 0.3 is 0 Å². The first-order valence-electron chi connectivity index (χ1n) is 19.3. The van der Waals surface area contributed by atoms with Crippen LogP contribution in [0, 0.1) is 0 Å². The maximum atomic E-state index is 5.31. The Bertz CT molecular complexity index is 3180. The number of nitrogens with zero attached hydrogens (tertiary/aromatic N) is 3. The summed E-state index contributed by atoms with van der Waals surface area (Å²) in [5.74, 6) is 0.692. The molecule has 8 aromatic carbocycles. The first kappa shape index (κ1) is 32.2. The Morgan fingerprint density at radius 3 is 1.84 bits per heavy atom. The number of para-hydroxylation sites is 1. The number of hydrogen-bond acceptors (Lipinski definition) is 3. The van der Waals surface area contributed by atoms with Crippen molar-refractivity contribution in [3.8, 4) is 56.2 Å². The molecule has 0 fully saturated rings. The van der Waals surface area contributed by atoms with E-state index < -0.39 is 0 Å². The molecule has 3 nitrogen and oxygen atoms in total. The molecule has 0 aliphatic heterocycles. The third kappa shape index (κ3) is 5.56. The van der Waals surface area contributed by atoms with Crippen LogP contribution in [0.4, 0.5) is 0 Å². The number of rotatable bonds is 5. The van der Waals surface area contributed by atoms with Crippen molar-refractivity contribution in [2.75, 3.05) is 0 Å². The van der Waals surface area contributed by atoms with Gasteiger partial charge in [-0.3, -0.25) is 4.98 Å². The van der Waals surface area contributed by atoms with Gasteiger partial charge in [-0.15, -0.1) is 0 Å². The van der Waals surface area contributed by atoms with Crippen molar-refractivity contribution in [1.29, 1.82) is 0 Å². The molecular weight excluding hydrogens is 679 g/mol. The summed E-state index contributed by atoms with van der Waals surface area (Å²) in [4.78, 5) is 15.3. The molecule has 0 atom stereocenters. The largest absolute Gasteiger partial charge is 0.256 e. The molecule has 0 saturated carbocycles. The maximum Gasteiger partial charge on any atom is 0.160 e. The quantitative estimate of drug-likeness (QED) is 0.167. The molecule has 262 valence electrons. The molecule has 56 heavy (non-hydrogen) atoms. The van der Waals surface area contributed by atoms with Gasteiger partial charge in [0.05, 0.1) is 16.9 Å². The highest BCUT2D eigenvalue weighted by Gasteiger charge is 2.18. The summed E-state index contributed by atoms with van der Waals surface area (Å²) in [5.41, 5.74) is 13.4. The van der Waals surface area contributed by atoms with Gasteiger partial charge in [-0.1, -0.05) is 152 Å². The van der Waals surface area contributed by atoms with E-state index in [4.69, 9.17) is 15.0 Å². The fourth-order valence-electron chi connectivity index (χ4n) is 8.55. The van der Waals surface area contributed by atoms with Gasteiger partial charge in [0.15, 0.2) is 5.82 Å². The molecule has 0 radical (unpaired) electrons. The van der Waals surface area contributed by atoms with Crippen molar-refractivity contribution in [3.05, 3.63) is 193 Å². The zero-order valence-electron chi connectivity index (χ0n) is 30.7. The summed E-state index contributed by atoms with van der Waals surface area (Å²) in [6, 6.07) is 60.8. The van der Waals surface area contributed by atoms with Gasteiger partial charge in [0, 0.05) is 33.8 Å². The van der Waals surface area contributed by atoms with E-state index >= 15 is 0 Å². The van der Waals surface area contributed by atoms with E-state index in [-0.39, 0.29) is 0 Å². The second-order valence-electron chi connectivity index (χ2n) is 14.7. The van der Waals surface area contributed by atoms with Gasteiger partial charge < -0.3 is 0 Å². The molecule has 0 bridgehead atoms. The van der Waals surface area contributed by atoms with Crippen LogP contribution in [-0.2, 0) is 6.42 Å². The Kier molecular flexibility index (Phi) is 7.63. The van der Waals surface area contributed by atoms with Crippen molar-refractivity contribution >= 4 is 49.3 Å². The van der Waals surface area contributed by atoms with E-state index in [1.165, 1.54) is 54.6 Å². The molecule has 11 rings (SSSR count). The predicted molar refractivity (Wildman–Crippen MR) is 234 cm³/mol. The lowest BCUT2D eigenvalue weighted by atomic mass is 9.85. The third-order valence-electron chi connectivity index (χ3n) is 11.4. The highest BCUT2D eigenvalue weighted by molar-refractivity contribution is 6.13. The standard InChI is InChI=1S/C53H35N3/c1-4-14-42-38(11-1)30-48(46-18-8-6-16-44(42)46)35-23-25-36(26-24-35)51-32-52(49-31-39-12-2-5-15-43(39)45-17-7-9-19-47(45)49)56-53(55-51)37-27-21-34(22-28-37)41-29-40-13-3-10-20-50(40)54-33-41/h1-7,9-17,19-33H,8,18H2. The predicted octanol–water partition coefficient (Wildman–Crippen LogP) is 13.8. The monoisotopic (exact) mass is 713 g/mol. The average Bonchev–Trinajstić information content (AvgIpc) is 3.28. The Balaban J connectivity index is 1.05. The van der Waals surface area contributed by atoms with E-state index in [1.807, 2.05) is 18.3 Å². The van der Waals surface area contributed by atoms with Crippen molar-refractivity contribution in [3.63, 3.8) is 0 Å². The van der Waals surface area contributed by atoms with E-state index in [2.05, 4.69) is 170 Å². The molecular formula is C53H35N3. The number of pyridine rings is 1. The van der Waals surface area contributed by atoms with Crippen LogP contribution < -0.4 is 0 Å². The molecule has 1 aliphatic rings. The van der Waals surface area contributed by atoms with Crippen molar-refractivity contribution in [1.82, 2.24) is 15.0 Å². The Morgan fingerprint density at radius 2 is 1.02 bits per heavy atom. The van der Waals surface area contributed by atoms with Crippen LogP contribution in [0.15, 0.2) is 182 Å². The van der Waals surface area contributed by atoms with Crippen LogP contribution >= 0.6 is 0 Å². The summed E-state index contributed by atoms with van der Waals surface area (Å²) in [5, 5.41) is 8.53. The lowest BCUT2D eigenvalue weighted by molar-refractivity contribution is 0.992. The number of benzene rings is 8. The topological polar surface area (TPSA) is 38.7 Å². The highest BCUT2D eigenvalue weighted by Crippen LogP contribution is 2.39. The summed E-state index contributed by atoms with van der Waals surface area (Å²) in [6.07, 6.45) is 8.67. The van der Waals surface area contributed by atoms with E-state index in [9.17, 15) is 0 Å². The van der Waals surface area contributed by atoms with Gasteiger partial charge in [-0.25, -0.2) is 9.97 Å². The Labute approximate surface area is 325 Å². The number of hydrogen-bond donors (Lipinski definition) is 0. The van der Waals surface area contributed by atoms with Crippen molar-refractivity contribution in [2.24, 2.45) is 0 Å². The number of allylic oxidation sites excluding steroid dienone is 1. The van der Waals surface area contributed by atoms with E-state index in [0.29, 0.717) is 5.82 Å². The van der Waals surface area contributed by atoms with Crippen LogP contribution in [-0.4, -0.2) is 15.0 Å². The molecule has 10 aromatic rings. The zero-order chi connectivity index (χ0) is 37.0. The molecule has 3 heteroatoms. The van der Waals surface area contributed by atoms with Gasteiger partial charge in [-0.2, -0.15) is 0 Å². The van der Waals surface area contributed by atoms with Gasteiger partial charge in [0.2, 0.25) is 0 Å². The third-order valence-corrected chi connectivity index (χ3v) is 11.4. The Morgan fingerprint density at radius 1 is 0.411 bits per heavy atom. The van der Waals surface area contributed by atoms with E-state index in [0.717, 1.165) is 62.9 Å². The molecule has 0 saturated heterocycles. The van der Waals surface area contributed by atoms with Crippen LogP contribution in [0.25, 0.3) is 105 Å². The SMILES string of the molecule is C1=Cc2c(c(-c3ccc(-c4cc(-c5cc6ccccc6c6ccccc56)nc(-c5ccc(-c6cnc7ccccc7c6)cc5)n4)cc3)cc3ccccc23)CC1. The first-order valence-corrected chi connectivity index (χ1v) is 19.3. The summed E-state index contributed by atoms with van der Waals surface area (Å²) >= 11 is 0. The highest BCUT2D eigenvalue weighted by atomic mass is 14.9. The van der Waals surface area contributed by atoms with Crippen LogP contribution in [0.5, 0.6) is 0 Å².